The Kier molecular flexibility index (Phi) is 2.81. The molecule has 1 heterocycles. The van der Waals surface area contributed by atoms with Crippen LogP contribution in [0.2, 0.25) is 10.0 Å². The smallest absolute Gasteiger partial charge is 0.218 e. The lowest BCUT2D eigenvalue weighted by Gasteiger charge is -2.01. The van der Waals surface area contributed by atoms with Crippen LogP contribution in [0, 0.1) is 11.3 Å². The number of nitrogens with zero attached hydrogens (tertiary/aromatic N) is 2. The monoisotopic (exact) mass is 240 g/mol. The molecule has 1 atom stereocenters. The van der Waals surface area contributed by atoms with Crippen LogP contribution in [0.15, 0.2) is 23.4 Å². The van der Waals surface area contributed by atoms with Crippen LogP contribution in [-0.2, 0) is 4.84 Å². The normalized spacial score (nSPS) is 19.3. The Balaban J connectivity index is 2.29. The maximum Gasteiger partial charge on any atom is 0.218 e. The maximum absolute atomic E-state index is 8.64. The predicted molar refractivity (Wildman–Crippen MR) is 58.1 cm³/mol. The second-order valence-electron chi connectivity index (χ2n) is 3.09. The van der Waals surface area contributed by atoms with Gasteiger partial charge in [0, 0.05) is 17.0 Å². The molecule has 0 N–H and O–H groups in total. The third-order valence-corrected chi connectivity index (χ3v) is 2.60. The Morgan fingerprint density at radius 1 is 1.47 bits per heavy atom. The first-order chi connectivity index (χ1) is 7.20. The van der Waals surface area contributed by atoms with Crippen LogP contribution in [-0.4, -0.2) is 11.8 Å². The molecule has 3 nitrogen and oxygen atoms in total. The molecule has 0 aliphatic carbocycles. The molecule has 1 aliphatic rings. The second-order valence-corrected chi connectivity index (χ2v) is 3.93. The topological polar surface area (TPSA) is 45.4 Å². The quantitative estimate of drug-likeness (QED) is 0.758. The summed E-state index contributed by atoms with van der Waals surface area (Å²) in [5, 5.41) is 13.5. The summed E-state index contributed by atoms with van der Waals surface area (Å²) in [7, 11) is 0. The molecule has 76 valence electrons. The average molecular weight is 241 g/mol. The molecule has 0 bridgehead atoms. The molecule has 0 fully saturated rings. The van der Waals surface area contributed by atoms with E-state index in [1.165, 1.54) is 0 Å². The molecule has 0 spiro atoms. The Morgan fingerprint density at radius 2 is 2.27 bits per heavy atom. The number of rotatable bonds is 1. The van der Waals surface area contributed by atoms with Crippen molar-refractivity contribution in [3.63, 3.8) is 0 Å². The van der Waals surface area contributed by atoms with Crippen LogP contribution < -0.4 is 0 Å². The Hall–Kier alpha value is -1.24. The van der Waals surface area contributed by atoms with Crippen molar-refractivity contribution >= 4 is 28.9 Å². The van der Waals surface area contributed by atoms with Crippen LogP contribution in [0.5, 0.6) is 0 Å². The van der Waals surface area contributed by atoms with E-state index in [2.05, 4.69) is 5.16 Å². The van der Waals surface area contributed by atoms with Gasteiger partial charge < -0.3 is 4.84 Å². The number of hydrogen-bond acceptors (Lipinski definition) is 3. The largest absolute Gasteiger partial charge is 0.376 e. The SMILES string of the molecule is N#CC1CC(c2ccc(Cl)cc2Cl)=NO1. The van der Waals surface area contributed by atoms with Crippen LogP contribution in [0.3, 0.4) is 0 Å². The average Bonchev–Trinajstić information content (AvgIpc) is 2.66. The molecule has 1 unspecified atom stereocenters. The highest BCUT2D eigenvalue weighted by Crippen LogP contribution is 2.25. The number of hydrogen-bond donors (Lipinski definition) is 0. The molecule has 2 rings (SSSR count). The lowest BCUT2D eigenvalue weighted by atomic mass is 10.1. The van der Waals surface area contributed by atoms with Crippen LogP contribution in [0.25, 0.3) is 0 Å². The zero-order valence-corrected chi connectivity index (χ0v) is 9.09. The van der Waals surface area contributed by atoms with Gasteiger partial charge in [0.1, 0.15) is 6.07 Å². The molecule has 0 saturated heterocycles. The first-order valence-electron chi connectivity index (χ1n) is 4.28. The molecule has 0 amide bonds. The minimum absolute atomic E-state index is 0.456. The fourth-order valence-corrected chi connectivity index (χ4v) is 1.85. The van der Waals surface area contributed by atoms with Gasteiger partial charge >= 0.3 is 0 Å². The van der Waals surface area contributed by atoms with Gasteiger partial charge in [0.2, 0.25) is 6.10 Å². The van der Waals surface area contributed by atoms with E-state index in [-0.39, 0.29) is 0 Å². The van der Waals surface area contributed by atoms with Crippen molar-refractivity contribution in [2.75, 3.05) is 0 Å². The molecule has 0 saturated carbocycles. The summed E-state index contributed by atoms with van der Waals surface area (Å²) < 4.78 is 0. The predicted octanol–water partition coefficient (Wildman–Crippen LogP) is 3.01. The van der Waals surface area contributed by atoms with E-state index in [0.29, 0.717) is 22.2 Å². The highest BCUT2D eigenvalue weighted by atomic mass is 35.5. The molecule has 1 aromatic carbocycles. The van der Waals surface area contributed by atoms with Gasteiger partial charge in [-0.05, 0) is 12.1 Å². The minimum Gasteiger partial charge on any atom is -0.376 e. The van der Waals surface area contributed by atoms with Crippen LogP contribution in [0.4, 0.5) is 0 Å². The summed E-state index contributed by atoms with van der Waals surface area (Å²) in [6.07, 6.45) is -0.0514. The van der Waals surface area contributed by atoms with Crippen LogP contribution in [0.1, 0.15) is 12.0 Å². The zero-order valence-electron chi connectivity index (χ0n) is 7.58. The van der Waals surface area contributed by atoms with E-state index in [1.54, 1.807) is 18.2 Å². The Morgan fingerprint density at radius 3 is 2.87 bits per heavy atom. The lowest BCUT2D eigenvalue weighted by Crippen LogP contribution is -2.05. The zero-order chi connectivity index (χ0) is 10.8. The first kappa shape index (κ1) is 10.3. The number of oxime groups is 1. The minimum atomic E-state index is -0.508. The van der Waals surface area contributed by atoms with Crippen molar-refractivity contribution in [3.05, 3.63) is 33.8 Å². The molecule has 0 aromatic heterocycles. The van der Waals surface area contributed by atoms with Gasteiger partial charge in [0.15, 0.2) is 0 Å². The fourth-order valence-electron chi connectivity index (χ4n) is 1.33. The molecule has 1 aliphatic heterocycles. The number of benzene rings is 1. The molecular weight excluding hydrogens is 235 g/mol. The van der Waals surface area contributed by atoms with Gasteiger partial charge in [-0.1, -0.05) is 34.4 Å². The van der Waals surface area contributed by atoms with Crippen molar-refractivity contribution in [1.82, 2.24) is 0 Å². The summed E-state index contributed by atoms with van der Waals surface area (Å²) in [5.41, 5.74) is 1.45. The van der Waals surface area contributed by atoms with Gasteiger partial charge in [-0.2, -0.15) is 5.26 Å². The third-order valence-electron chi connectivity index (χ3n) is 2.05. The summed E-state index contributed by atoms with van der Waals surface area (Å²) in [4.78, 5) is 4.89. The summed E-state index contributed by atoms with van der Waals surface area (Å²) in [6, 6.07) is 7.13. The van der Waals surface area contributed by atoms with Crippen LogP contribution >= 0.6 is 23.2 Å². The molecule has 5 heteroatoms. The Labute approximate surface area is 96.8 Å². The van der Waals surface area contributed by atoms with E-state index < -0.39 is 6.10 Å². The van der Waals surface area contributed by atoms with Gasteiger partial charge in [-0.15, -0.1) is 0 Å². The summed E-state index contributed by atoms with van der Waals surface area (Å²) in [6.45, 7) is 0. The number of nitriles is 1. The van der Waals surface area contributed by atoms with Gasteiger partial charge in [-0.25, -0.2) is 0 Å². The molecule has 1 aromatic rings. The third kappa shape index (κ3) is 2.06. The van der Waals surface area contributed by atoms with E-state index in [4.69, 9.17) is 33.3 Å². The summed E-state index contributed by atoms with van der Waals surface area (Å²) in [5.74, 6) is 0. The molecular formula is C10H6Cl2N2O. The van der Waals surface area contributed by atoms with Crippen molar-refractivity contribution in [1.29, 1.82) is 5.26 Å². The van der Waals surface area contributed by atoms with E-state index >= 15 is 0 Å². The highest BCUT2D eigenvalue weighted by molar-refractivity contribution is 6.37. The molecule has 0 radical (unpaired) electrons. The standard InChI is InChI=1S/C10H6Cl2N2O/c11-6-1-2-8(9(12)3-6)10-4-7(5-13)15-14-10/h1-3,7H,4H2. The van der Waals surface area contributed by atoms with Gasteiger partial charge in [0.25, 0.3) is 0 Å². The lowest BCUT2D eigenvalue weighted by molar-refractivity contribution is 0.125. The fraction of sp³-hybridized carbons (Fsp3) is 0.200. The number of halogens is 2. The van der Waals surface area contributed by atoms with Gasteiger partial charge in [-0.3, -0.25) is 0 Å². The van der Waals surface area contributed by atoms with Crippen molar-refractivity contribution in [3.8, 4) is 6.07 Å². The first-order valence-corrected chi connectivity index (χ1v) is 5.04. The van der Waals surface area contributed by atoms with E-state index in [0.717, 1.165) is 5.56 Å². The maximum atomic E-state index is 8.64. The van der Waals surface area contributed by atoms with Gasteiger partial charge in [0.05, 0.1) is 10.7 Å². The second kappa shape index (κ2) is 4.09. The Bertz CT molecular complexity index is 465. The van der Waals surface area contributed by atoms with E-state index in [1.807, 2.05) is 6.07 Å². The van der Waals surface area contributed by atoms with Crippen molar-refractivity contribution in [2.45, 2.75) is 12.5 Å². The van der Waals surface area contributed by atoms with E-state index in [9.17, 15) is 0 Å². The molecule has 15 heavy (non-hydrogen) atoms. The summed E-state index contributed by atoms with van der Waals surface area (Å²) >= 11 is 11.8. The van der Waals surface area contributed by atoms with Crippen molar-refractivity contribution in [2.24, 2.45) is 5.16 Å². The van der Waals surface area contributed by atoms with Crippen molar-refractivity contribution < 1.29 is 4.84 Å². The highest BCUT2D eigenvalue weighted by Gasteiger charge is 2.22.